The van der Waals surface area contributed by atoms with Gasteiger partial charge in [-0.05, 0) is 35.4 Å². The maximum absolute atomic E-state index is 13.4. The Morgan fingerprint density at radius 1 is 0.577 bits per heavy atom. The molecule has 4 aromatic rings. The molecule has 2 amide bonds. The summed E-state index contributed by atoms with van der Waals surface area (Å²) in [6, 6.07) is 27.7. The molecule has 0 bridgehead atoms. The molecule has 0 aliphatic carbocycles. The second-order valence-electron chi connectivity index (χ2n) is 14.9. The van der Waals surface area contributed by atoms with Crippen molar-refractivity contribution in [3.05, 3.63) is 132 Å². The lowest BCUT2D eigenvalue weighted by Gasteiger charge is -2.42. The number of methoxy groups -OCH3 is 2. The van der Waals surface area contributed by atoms with Crippen LogP contribution in [0, 0.1) is 10.8 Å². The molecule has 8 heteroatoms. The molecule has 8 nitrogen and oxygen atoms in total. The van der Waals surface area contributed by atoms with Gasteiger partial charge in [-0.3, -0.25) is 9.59 Å². The molecule has 0 saturated carbocycles. The molecule has 0 spiro atoms. The van der Waals surface area contributed by atoms with Crippen LogP contribution in [0.3, 0.4) is 0 Å². The van der Waals surface area contributed by atoms with Crippen LogP contribution in [0.5, 0.6) is 11.5 Å². The first-order chi connectivity index (χ1) is 24.6. The summed E-state index contributed by atoms with van der Waals surface area (Å²) in [5.74, 6) is 1.27. The lowest BCUT2D eigenvalue weighted by Crippen LogP contribution is -2.47. The average Bonchev–Trinajstić information content (AvgIpc) is 3.62. The summed E-state index contributed by atoms with van der Waals surface area (Å²) in [6.45, 7) is 16.2. The fraction of sp³-hybridized carbons (Fsp3) is 0.318. The Morgan fingerprint density at radius 2 is 0.923 bits per heavy atom. The summed E-state index contributed by atoms with van der Waals surface area (Å²) in [5, 5.41) is 6.13. The van der Waals surface area contributed by atoms with E-state index in [-0.39, 0.29) is 11.8 Å². The second-order valence-corrected chi connectivity index (χ2v) is 14.9. The van der Waals surface area contributed by atoms with Crippen molar-refractivity contribution in [1.29, 1.82) is 0 Å². The number of carbonyl (C=O) groups is 2. The van der Waals surface area contributed by atoms with E-state index in [9.17, 15) is 9.59 Å². The highest BCUT2D eigenvalue weighted by Crippen LogP contribution is 2.58. The zero-order chi connectivity index (χ0) is 38.2. The first kappa shape index (κ1) is 37.7. The number of para-hydroxylation sites is 2. The van der Waals surface area contributed by atoms with E-state index in [0.29, 0.717) is 11.5 Å². The van der Waals surface area contributed by atoms with E-state index in [4.69, 9.17) is 9.47 Å². The van der Waals surface area contributed by atoms with Crippen LogP contribution in [0.25, 0.3) is 0 Å². The van der Waals surface area contributed by atoms with Crippen molar-refractivity contribution in [2.45, 2.75) is 38.5 Å². The third-order valence-electron chi connectivity index (χ3n) is 11.0. The van der Waals surface area contributed by atoms with Gasteiger partial charge >= 0.3 is 0 Å². The van der Waals surface area contributed by atoms with Crippen molar-refractivity contribution in [3.63, 3.8) is 0 Å². The van der Waals surface area contributed by atoms with Crippen LogP contribution in [0.2, 0.25) is 0 Å². The monoisotopic (exact) mass is 700 g/mol. The van der Waals surface area contributed by atoms with Gasteiger partial charge in [-0.15, -0.1) is 13.2 Å². The van der Waals surface area contributed by atoms with Gasteiger partial charge in [-0.1, -0.05) is 88.4 Å². The summed E-state index contributed by atoms with van der Waals surface area (Å²) >= 11 is 0. The first-order valence-electron chi connectivity index (χ1n) is 17.4. The quantitative estimate of drug-likeness (QED) is 0.162. The van der Waals surface area contributed by atoms with Gasteiger partial charge in [0.1, 0.15) is 22.3 Å². The Bertz CT molecular complexity index is 1890. The van der Waals surface area contributed by atoms with Crippen LogP contribution in [-0.2, 0) is 20.4 Å². The van der Waals surface area contributed by atoms with Crippen LogP contribution in [0.1, 0.15) is 49.9 Å². The summed E-state index contributed by atoms with van der Waals surface area (Å²) < 4.78 is 11.5. The van der Waals surface area contributed by atoms with Gasteiger partial charge in [0.05, 0.1) is 14.2 Å². The standard InChI is InChI=1S/2C22H26N2O2/c2*1-7-21(2,3)22(16-10-8-9-11-18(16)23-20(22)25)17-13-12-15(24(4)5)14-19(17)26-6/h2*7-14H,1H2,2-6H3,(H,23,25)/t2*22-/m00/s1. The number of allylic oxidation sites excluding steroid dienone is 2. The van der Waals surface area contributed by atoms with E-state index in [1.165, 1.54) is 0 Å². The van der Waals surface area contributed by atoms with Gasteiger partial charge in [0.15, 0.2) is 0 Å². The summed E-state index contributed by atoms with van der Waals surface area (Å²) in [5.41, 5.74) is 4.41. The summed E-state index contributed by atoms with van der Waals surface area (Å²) in [7, 11) is 11.2. The predicted octanol–water partition coefficient (Wildman–Crippen LogP) is 8.42. The van der Waals surface area contributed by atoms with Gasteiger partial charge < -0.3 is 29.9 Å². The van der Waals surface area contributed by atoms with Crippen molar-refractivity contribution in [3.8, 4) is 11.5 Å². The summed E-state index contributed by atoms with van der Waals surface area (Å²) in [4.78, 5) is 30.9. The van der Waals surface area contributed by atoms with E-state index in [1.807, 2.05) is 163 Å². The molecule has 2 heterocycles. The number of rotatable bonds is 10. The van der Waals surface area contributed by atoms with Crippen molar-refractivity contribution >= 4 is 34.6 Å². The van der Waals surface area contributed by atoms with Gasteiger partial charge in [-0.25, -0.2) is 0 Å². The van der Waals surface area contributed by atoms with Crippen molar-refractivity contribution in [2.75, 3.05) is 62.8 Å². The third-order valence-corrected chi connectivity index (χ3v) is 11.0. The molecule has 6 rings (SSSR count). The fourth-order valence-corrected chi connectivity index (χ4v) is 7.87. The molecule has 2 aliphatic rings. The van der Waals surface area contributed by atoms with E-state index in [2.05, 4.69) is 23.8 Å². The number of anilines is 4. The van der Waals surface area contributed by atoms with Crippen LogP contribution in [0.15, 0.2) is 110 Å². The molecule has 2 N–H and O–H groups in total. The Labute approximate surface area is 309 Å². The maximum Gasteiger partial charge on any atom is 0.240 e. The molecule has 0 aromatic heterocycles. The van der Waals surface area contributed by atoms with Crippen molar-refractivity contribution in [2.24, 2.45) is 10.8 Å². The van der Waals surface area contributed by atoms with Gasteiger partial charge in [0.25, 0.3) is 0 Å². The molecule has 0 radical (unpaired) electrons. The molecule has 272 valence electrons. The molecule has 4 aromatic carbocycles. The minimum atomic E-state index is -0.915. The SMILES string of the molecule is C=CC(C)(C)[C@@]1(c2ccc(N(C)C)cc2OC)C(=O)Nc2ccccc21.C=CC(C)(C)[C@@]1(c2ccc(N(C)C)cc2OC)C(=O)Nc2ccccc21. The molecule has 2 aliphatic heterocycles. The fourth-order valence-electron chi connectivity index (χ4n) is 7.87. The molecule has 2 atom stereocenters. The van der Waals surface area contributed by atoms with Gasteiger partial charge in [0, 0.05) is 85.0 Å². The zero-order valence-electron chi connectivity index (χ0n) is 32.2. The molecular formula is C44H52N4O4. The number of carbonyl (C=O) groups excluding carboxylic acids is 2. The van der Waals surface area contributed by atoms with Crippen LogP contribution in [-0.4, -0.2) is 54.2 Å². The van der Waals surface area contributed by atoms with Crippen LogP contribution < -0.4 is 29.9 Å². The topological polar surface area (TPSA) is 83.1 Å². The molecule has 0 fully saturated rings. The van der Waals surface area contributed by atoms with E-state index in [0.717, 1.165) is 45.0 Å². The van der Waals surface area contributed by atoms with Crippen molar-refractivity contribution in [1.82, 2.24) is 0 Å². The maximum atomic E-state index is 13.4. The number of fused-ring (bicyclic) bond motifs is 2. The normalized spacial score (nSPS) is 18.9. The largest absolute Gasteiger partial charge is 0.496 e. The minimum Gasteiger partial charge on any atom is -0.496 e. The van der Waals surface area contributed by atoms with Gasteiger partial charge in [-0.2, -0.15) is 0 Å². The van der Waals surface area contributed by atoms with Crippen molar-refractivity contribution < 1.29 is 19.1 Å². The number of hydrogen-bond donors (Lipinski definition) is 2. The smallest absolute Gasteiger partial charge is 0.240 e. The number of nitrogens with zero attached hydrogens (tertiary/aromatic N) is 2. The highest BCUT2D eigenvalue weighted by molar-refractivity contribution is 6.11. The average molecular weight is 701 g/mol. The summed E-state index contributed by atoms with van der Waals surface area (Å²) in [6.07, 6.45) is 3.71. The Kier molecular flexibility index (Phi) is 10.1. The molecule has 0 unspecified atom stereocenters. The highest BCUT2D eigenvalue weighted by atomic mass is 16.5. The number of hydrogen-bond acceptors (Lipinski definition) is 6. The lowest BCUT2D eigenvalue weighted by atomic mass is 9.58. The molecular weight excluding hydrogens is 649 g/mol. The zero-order valence-corrected chi connectivity index (χ0v) is 32.2. The predicted molar refractivity (Wildman–Crippen MR) is 214 cm³/mol. The lowest BCUT2D eigenvalue weighted by molar-refractivity contribution is -0.122. The highest BCUT2D eigenvalue weighted by Gasteiger charge is 2.59. The number of ether oxygens (including phenoxy) is 2. The Hall–Kier alpha value is -5.50. The third kappa shape index (κ3) is 5.61. The van der Waals surface area contributed by atoms with E-state index < -0.39 is 21.7 Å². The number of amides is 2. The number of nitrogens with one attached hydrogen (secondary N) is 2. The Balaban J connectivity index is 0.000000201. The first-order valence-corrected chi connectivity index (χ1v) is 17.4. The minimum absolute atomic E-state index is 0.0560. The van der Waals surface area contributed by atoms with E-state index >= 15 is 0 Å². The molecule has 0 saturated heterocycles. The second kappa shape index (κ2) is 13.9. The van der Waals surface area contributed by atoms with Crippen LogP contribution in [0.4, 0.5) is 22.7 Å². The molecule has 52 heavy (non-hydrogen) atoms. The van der Waals surface area contributed by atoms with Gasteiger partial charge in [0.2, 0.25) is 11.8 Å². The van der Waals surface area contributed by atoms with Crippen LogP contribution >= 0.6 is 0 Å². The number of benzene rings is 4. The Morgan fingerprint density at radius 3 is 1.23 bits per heavy atom. The van der Waals surface area contributed by atoms with E-state index in [1.54, 1.807) is 14.2 Å².